The summed E-state index contributed by atoms with van der Waals surface area (Å²) in [6.45, 7) is 2.07. The highest BCUT2D eigenvalue weighted by molar-refractivity contribution is 7.99. The quantitative estimate of drug-likeness (QED) is 0.834. The van der Waals surface area contributed by atoms with Gasteiger partial charge < -0.3 is 9.84 Å². The molecular weight excluding hydrogens is 308 g/mol. The van der Waals surface area contributed by atoms with Crippen LogP contribution in [0.5, 0.6) is 5.75 Å². The largest absolute Gasteiger partial charge is 0.496 e. The Bertz CT molecular complexity index is 520. The molecule has 3 nitrogen and oxygen atoms in total. The molecule has 1 saturated carbocycles. The molecule has 0 saturated heterocycles. The van der Waals surface area contributed by atoms with E-state index in [0.29, 0.717) is 36.5 Å². The number of halogens is 1. The van der Waals surface area contributed by atoms with E-state index in [2.05, 4.69) is 6.92 Å². The van der Waals surface area contributed by atoms with Gasteiger partial charge in [0, 0.05) is 33.7 Å². The van der Waals surface area contributed by atoms with Crippen LogP contribution in [0.2, 0.25) is 5.02 Å². The first-order valence-corrected chi connectivity index (χ1v) is 8.56. The van der Waals surface area contributed by atoms with E-state index in [0.717, 1.165) is 16.2 Å². The molecule has 0 amide bonds. The fourth-order valence-electron chi connectivity index (χ4n) is 2.98. The number of aliphatic hydroxyl groups excluding tert-OH is 1. The number of benzene rings is 1. The normalized spacial score (nSPS) is 17.8. The highest BCUT2D eigenvalue weighted by Gasteiger charge is 2.39. The molecule has 0 radical (unpaired) electrons. The third-order valence-electron chi connectivity index (χ3n) is 4.16. The number of ether oxygens (including phenoxy) is 1. The van der Waals surface area contributed by atoms with E-state index in [-0.39, 0.29) is 12.4 Å². The molecule has 116 valence electrons. The Morgan fingerprint density at radius 3 is 2.57 bits per heavy atom. The smallest absolute Gasteiger partial charge is 0.132 e. The number of carbonyl (C=O) groups excluding carboxylic acids is 1. The van der Waals surface area contributed by atoms with Gasteiger partial charge in [0.25, 0.3) is 0 Å². The zero-order chi connectivity index (χ0) is 15.5. The van der Waals surface area contributed by atoms with Gasteiger partial charge in [-0.3, -0.25) is 4.79 Å². The SMILES string of the molecule is CCSc1cc(Cl)c(C2(CO)CCC(=O)CC2)c(OC)c1. The number of methoxy groups -OCH3 is 1. The summed E-state index contributed by atoms with van der Waals surface area (Å²) in [4.78, 5) is 12.6. The van der Waals surface area contributed by atoms with Crippen LogP contribution in [0.25, 0.3) is 0 Å². The summed E-state index contributed by atoms with van der Waals surface area (Å²) in [6.07, 6.45) is 2.23. The van der Waals surface area contributed by atoms with Crippen LogP contribution < -0.4 is 4.74 Å². The van der Waals surface area contributed by atoms with Crippen LogP contribution in [-0.4, -0.2) is 30.4 Å². The fraction of sp³-hybridized carbons (Fsp3) is 0.562. The maximum absolute atomic E-state index is 11.5. The Morgan fingerprint density at radius 1 is 1.38 bits per heavy atom. The van der Waals surface area contributed by atoms with Crippen molar-refractivity contribution in [1.82, 2.24) is 0 Å². The van der Waals surface area contributed by atoms with Gasteiger partial charge in [-0.2, -0.15) is 0 Å². The van der Waals surface area contributed by atoms with E-state index in [4.69, 9.17) is 16.3 Å². The first-order valence-electron chi connectivity index (χ1n) is 7.19. The topological polar surface area (TPSA) is 46.5 Å². The van der Waals surface area contributed by atoms with Gasteiger partial charge in [0.05, 0.1) is 13.7 Å². The van der Waals surface area contributed by atoms with Crippen molar-refractivity contribution in [1.29, 1.82) is 0 Å². The lowest BCUT2D eigenvalue weighted by molar-refractivity contribution is -0.121. The maximum Gasteiger partial charge on any atom is 0.132 e. The van der Waals surface area contributed by atoms with Crippen molar-refractivity contribution in [2.75, 3.05) is 19.5 Å². The zero-order valence-electron chi connectivity index (χ0n) is 12.4. The predicted octanol–water partition coefficient (Wildman–Crippen LogP) is 3.83. The van der Waals surface area contributed by atoms with Gasteiger partial charge in [-0.15, -0.1) is 11.8 Å². The van der Waals surface area contributed by atoms with Gasteiger partial charge in [-0.05, 0) is 30.7 Å². The van der Waals surface area contributed by atoms with Crippen molar-refractivity contribution < 1.29 is 14.6 Å². The molecule has 1 N–H and O–H groups in total. The van der Waals surface area contributed by atoms with Crippen molar-refractivity contribution in [3.63, 3.8) is 0 Å². The molecule has 1 aliphatic carbocycles. The third kappa shape index (κ3) is 3.38. The Morgan fingerprint density at radius 2 is 2.05 bits per heavy atom. The highest BCUT2D eigenvalue weighted by Crippen LogP contribution is 2.47. The average Bonchev–Trinajstić information content (AvgIpc) is 2.48. The summed E-state index contributed by atoms with van der Waals surface area (Å²) in [6, 6.07) is 3.91. The summed E-state index contributed by atoms with van der Waals surface area (Å²) in [5.41, 5.74) is 0.383. The molecule has 1 aromatic carbocycles. The van der Waals surface area contributed by atoms with Crippen molar-refractivity contribution in [3.05, 3.63) is 22.7 Å². The van der Waals surface area contributed by atoms with Crippen LogP contribution >= 0.6 is 23.4 Å². The molecule has 0 atom stereocenters. The van der Waals surface area contributed by atoms with Crippen molar-refractivity contribution in [2.24, 2.45) is 0 Å². The summed E-state index contributed by atoms with van der Waals surface area (Å²) >= 11 is 8.20. The fourth-order valence-corrected chi connectivity index (χ4v) is 4.18. The van der Waals surface area contributed by atoms with E-state index < -0.39 is 5.41 Å². The molecule has 0 spiro atoms. The summed E-state index contributed by atoms with van der Waals surface area (Å²) in [7, 11) is 1.62. The van der Waals surface area contributed by atoms with E-state index >= 15 is 0 Å². The van der Waals surface area contributed by atoms with Crippen molar-refractivity contribution >= 4 is 29.1 Å². The van der Waals surface area contributed by atoms with Crippen LogP contribution in [0.3, 0.4) is 0 Å². The monoisotopic (exact) mass is 328 g/mol. The lowest BCUT2D eigenvalue weighted by atomic mass is 9.69. The molecule has 0 bridgehead atoms. The van der Waals surface area contributed by atoms with Crippen LogP contribution in [0.15, 0.2) is 17.0 Å². The molecule has 0 aromatic heterocycles. The van der Waals surface area contributed by atoms with Crippen molar-refractivity contribution in [3.8, 4) is 5.75 Å². The number of aliphatic hydroxyl groups is 1. The average molecular weight is 329 g/mol. The van der Waals surface area contributed by atoms with E-state index in [1.165, 1.54) is 0 Å². The number of carbonyl (C=O) groups is 1. The van der Waals surface area contributed by atoms with E-state index in [1.807, 2.05) is 12.1 Å². The zero-order valence-corrected chi connectivity index (χ0v) is 14.0. The van der Waals surface area contributed by atoms with Crippen molar-refractivity contribution in [2.45, 2.75) is 42.9 Å². The number of thioether (sulfide) groups is 1. The van der Waals surface area contributed by atoms with E-state index in [1.54, 1.807) is 18.9 Å². The molecule has 1 aromatic rings. The minimum Gasteiger partial charge on any atom is -0.496 e. The molecule has 0 unspecified atom stereocenters. The highest BCUT2D eigenvalue weighted by atomic mass is 35.5. The number of Topliss-reactive ketones (excluding diaryl/α,β-unsaturated/α-hetero) is 1. The van der Waals surface area contributed by atoms with Gasteiger partial charge in [0.1, 0.15) is 11.5 Å². The minimum absolute atomic E-state index is 0.0172. The van der Waals surface area contributed by atoms with Gasteiger partial charge in [0.15, 0.2) is 0 Å². The van der Waals surface area contributed by atoms with Gasteiger partial charge in [-0.25, -0.2) is 0 Å². The van der Waals surface area contributed by atoms with Crippen LogP contribution in [0, 0.1) is 0 Å². The molecule has 0 heterocycles. The number of hydrogen-bond donors (Lipinski definition) is 1. The lowest BCUT2D eigenvalue weighted by Gasteiger charge is -2.37. The molecule has 21 heavy (non-hydrogen) atoms. The lowest BCUT2D eigenvalue weighted by Crippen LogP contribution is -2.36. The molecule has 5 heteroatoms. The van der Waals surface area contributed by atoms with Gasteiger partial charge in [-0.1, -0.05) is 18.5 Å². The molecule has 2 rings (SSSR count). The number of rotatable bonds is 5. The second-order valence-electron chi connectivity index (χ2n) is 5.39. The molecule has 1 fully saturated rings. The Balaban J connectivity index is 2.47. The van der Waals surface area contributed by atoms with Crippen LogP contribution in [0.4, 0.5) is 0 Å². The first kappa shape index (κ1) is 16.7. The second kappa shape index (κ2) is 7.03. The number of hydrogen-bond acceptors (Lipinski definition) is 4. The third-order valence-corrected chi connectivity index (χ3v) is 5.31. The van der Waals surface area contributed by atoms with Gasteiger partial charge >= 0.3 is 0 Å². The minimum atomic E-state index is -0.467. The van der Waals surface area contributed by atoms with Crippen LogP contribution in [-0.2, 0) is 10.2 Å². The Kier molecular flexibility index (Phi) is 5.58. The molecular formula is C16H21ClO3S. The summed E-state index contributed by atoms with van der Waals surface area (Å²) in [5, 5.41) is 10.6. The van der Waals surface area contributed by atoms with Gasteiger partial charge in [0.2, 0.25) is 0 Å². The molecule has 1 aliphatic rings. The van der Waals surface area contributed by atoms with Crippen LogP contribution in [0.1, 0.15) is 38.2 Å². The van der Waals surface area contributed by atoms with E-state index in [9.17, 15) is 9.90 Å². The second-order valence-corrected chi connectivity index (χ2v) is 7.14. The summed E-state index contributed by atoms with van der Waals surface area (Å²) in [5.74, 6) is 1.92. The number of ketones is 1. The predicted molar refractivity (Wildman–Crippen MR) is 86.6 cm³/mol. The Labute approximate surface area is 135 Å². The Hall–Kier alpha value is -0.710. The maximum atomic E-state index is 11.5. The summed E-state index contributed by atoms with van der Waals surface area (Å²) < 4.78 is 5.53. The molecule has 0 aliphatic heterocycles. The first-order chi connectivity index (χ1) is 10.1. The standard InChI is InChI=1S/C16H21ClO3S/c1-3-21-12-8-13(17)15(14(9-12)20-2)16(10-18)6-4-11(19)5-7-16/h8-9,18H,3-7,10H2,1-2H3.